The molecule has 0 atom stereocenters. The first kappa shape index (κ1) is 10.0. The van der Waals surface area contributed by atoms with Crippen LogP contribution in [0.15, 0.2) is 24.3 Å². The van der Waals surface area contributed by atoms with Gasteiger partial charge in [0.2, 0.25) is 0 Å². The van der Waals surface area contributed by atoms with Gasteiger partial charge in [-0.2, -0.15) is 30.2 Å². The number of hydrogen-bond acceptors (Lipinski definition) is 0. The minimum atomic E-state index is 0. The Morgan fingerprint density at radius 3 is 2.11 bits per heavy atom. The third-order valence-electron chi connectivity index (χ3n) is 0.958. The second-order valence-corrected chi connectivity index (χ2v) is 2.00. The van der Waals surface area contributed by atoms with E-state index in [1.54, 1.807) is 0 Å². The maximum absolute atomic E-state index is 5.65. The molecule has 1 aromatic rings. The summed E-state index contributed by atoms with van der Waals surface area (Å²) < 4.78 is 0. The summed E-state index contributed by atoms with van der Waals surface area (Å²) in [7, 11) is 0. The normalized spacial score (nSPS) is 8.11. The van der Waals surface area contributed by atoms with Crippen LogP contribution in [0.4, 0.5) is 0 Å². The van der Waals surface area contributed by atoms with Crippen molar-refractivity contribution in [1.82, 2.24) is 0 Å². The van der Waals surface area contributed by atoms with Crippen molar-refractivity contribution in [2.45, 2.75) is 0 Å². The Morgan fingerprint density at radius 1 is 1.22 bits per heavy atom. The van der Waals surface area contributed by atoms with Crippen molar-refractivity contribution in [1.29, 1.82) is 0 Å². The molecule has 1 rings (SSSR count). The molecule has 0 fully saturated rings. The van der Waals surface area contributed by atoms with Crippen LogP contribution in [0, 0.1) is 6.92 Å². The summed E-state index contributed by atoms with van der Waals surface area (Å²) >= 11 is 5.65. The van der Waals surface area contributed by atoms with Crippen LogP contribution < -0.4 is 51.4 Å². The van der Waals surface area contributed by atoms with Crippen LogP contribution in [0.25, 0.3) is 0 Å². The molecule has 0 saturated carbocycles. The monoisotopic (exact) mass is 164 g/mol. The minimum absolute atomic E-state index is 0. The van der Waals surface area contributed by atoms with E-state index in [0.29, 0.717) is 0 Å². The molecule has 42 valence electrons. The van der Waals surface area contributed by atoms with Gasteiger partial charge in [0.05, 0.1) is 0 Å². The molecule has 0 unspecified atom stereocenters. The van der Waals surface area contributed by atoms with Gasteiger partial charge in [-0.15, -0.1) is 12.1 Å². The molecule has 0 aliphatic rings. The molecule has 0 aromatic heterocycles. The first-order valence-electron chi connectivity index (χ1n) is 2.37. The molecule has 2 heteroatoms. The van der Waals surface area contributed by atoms with Gasteiger partial charge in [0.25, 0.3) is 0 Å². The summed E-state index contributed by atoms with van der Waals surface area (Å²) in [6, 6.07) is 7.50. The van der Waals surface area contributed by atoms with Crippen molar-refractivity contribution < 1.29 is 51.4 Å². The Bertz CT molecular complexity index is 165. The third-order valence-corrected chi connectivity index (χ3v) is 1.33. The zero-order chi connectivity index (χ0) is 5.98. The average molecular weight is 165 g/mol. The van der Waals surface area contributed by atoms with Gasteiger partial charge in [0.15, 0.2) is 0 Å². The molecule has 0 radical (unpaired) electrons. The summed E-state index contributed by atoms with van der Waals surface area (Å²) in [5, 5.41) is 0.729. The number of benzene rings is 1. The van der Waals surface area contributed by atoms with Gasteiger partial charge in [-0.25, -0.2) is 0 Å². The molecule has 0 heterocycles. The minimum Gasteiger partial charge on any atom is -0.197 e. The van der Waals surface area contributed by atoms with Crippen molar-refractivity contribution in [3.63, 3.8) is 0 Å². The second-order valence-electron chi connectivity index (χ2n) is 1.59. The number of rotatable bonds is 0. The van der Waals surface area contributed by atoms with E-state index in [0.717, 1.165) is 10.6 Å². The SMILES string of the molecule is [CH2-]c1ccccc1Cl.[K+]. The van der Waals surface area contributed by atoms with Crippen molar-refractivity contribution in [3.05, 3.63) is 41.8 Å². The summed E-state index contributed by atoms with van der Waals surface area (Å²) in [4.78, 5) is 0. The summed E-state index contributed by atoms with van der Waals surface area (Å²) in [6.45, 7) is 3.69. The first-order chi connectivity index (χ1) is 3.80. The van der Waals surface area contributed by atoms with E-state index in [1.807, 2.05) is 24.3 Å². The molecule has 0 N–H and O–H groups in total. The predicted octanol–water partition coefficient (Wildman–Crippen LogP) is -0.474. The fourth-order valence-electron chi connectivity index (χ4n) is 0.498. The predicted molar refractivity (Wildman–Crippen MR) is 35.9 cm³/mol. The molecule has 0 saturated heterocycles. The zero-order valence-electron chi connectivity index (χ0n) is 5.39. The molecule has 0 aliphatic heterocycles. The van der Waals surface area contributed by atoms with Crippen LogP contribution in [0.3, 0.4) is 0 Å². The third kappa shape index (κ3) is 3.07. The van der Waals surface area contributed by atoms with Crippen LogP contribution in [-0.4, -0.2) is 0 Å². The van der Waals surface area contributed by atoms with Crippen LogP contribution in [0.2, 0.25) is 5.02 Å². The Morgan fingerprint density at radius 2 is 1.78 bits per heavy atom. The van der Waals surface area contributed by atoms with Gasteiger partial charge in [0.1, 0.15) is 0 Å². The van der Waals surface area contributed by atoms with Gasteiger partial charge < -0.3 is 0 Å². The van der Waals surface area contributed by atoms with E-state index in [9.17, 15) is 0 Å². The van der Waals surface area contributed by atoms with E-state index in [-0.39, 0.29) is 51.4 Å². The molecule has 0 aliphatic carbocycles. The average Bonchev–Trinajstić information content (AvgIpc) is 1.77. The van der Waals surface area contributed by atoms with Crippen molar-refractivity contribution in [3.8, 4) is 0 Å². The molecule has 9 heavy (non-hydrogen) atoms. The molecule has 0 amide bonds. The summed E-state index contributed by atoms with van der Waals surface area (Å²) in [5.41, 5.74) is 0.883. The molecule has 0 bridgehead atoms. The summed E-state index contributed by atoms with van der Waals surface area (Å²) in [5.74, 6) is 0. The van der Waals surface area contributed by atoms with Crippen LogP contribution in [-0.2, 0) is 0 Å². The first-order valence-corrected chi connectivity index (χ1v) is 2.75. The van der Waals surface area contributed by atoms with E-state index in [4.69, 9.17) is 11.6 Å². The molecule has 0 spiro atoms. The van der Waals surface area contributed by atoms with Gasteiger partial charge in [-0.1, -0.05) is 11.1 Å². The van der Waals surface area contributed by atoms with Crippen molar-refractivity contribution in [2.75, 3.05) is 0 Å². The zero-order valence-corrected chi connectivity index (χ0v) is 9.27. The Kier molecular flexibility index (Phi) is 5.31. The van der Waals surface area contributed by atoms with E-state index in [2.05, 4.69) is 6.92 Å². The molecule has 1 aromatic carbocycles. The Balaban J connectivity index is 0.000000640. The fourth-order valence-corrected chi connectivity index (χ4v) is 0.634. The molecular formula is C7H6ClK. The second kappa shape index (κ2) is 4.77. The Hall–Kier alpha value is 1.02. The van der Waals surface area contributed by atoms with E-state index in [1.165, 1.54) is 0 Å². The van der Waals surface area contributed by atoms with Gasteiger partial charge in [-0.3, -0.25) is 0 Å². The maximum Gasteiger partial charge on any atom is 1.00 e. The quantitative estimate of drug-likeness (QED) is 0.359. The van der Waals surface area contributed by atoms with Crippen molar-refractivity contribution >= 4 is 11.6 Å². The topological polar surface area (TPSA) is 0 Å². The smallest absolute Gasteiger partial charge is 0.197 e. The van der Waals surface area contributed by atoms with Gasteiger partial charge in [-0.05, 0) is 0 Å². The largest absolute Gasteiger partial charge is 1.00 e. The van der Waals surface area contributed by atoms with Gasteiger partial charge >= 0.3 is 51.4 Å². The van der Waals surface area contributed by atoms with Crippen LogP contribution >= 0.6 is 11.6 Å². The number of hydrogen-bond donors (Lipinski definition) is 0. The van der Waals surface area contributed by atoms with E-state index < -0.39 is 0 Å². The number of halogens is 1. The Labute approximate surface area is 103 Å². The summed E-state index contributed by atoms with van der Waals surface area (Å²) in [6.07, 6.45) is 0. The standard InChI is InChI=1S/C7H6Cl.K/c1-6-4-2-3-5-7(6)8;/h2-5H,1H2;/q-1;+1. The molecule has 0 nitrogen and oxygen atoms in total. The van der Waals surface area contributed by atoms with Crippen LogP contribution in [0.1, 0.15) is 5.56 Å². The van der Waals surface area contributed by atoms with E-state index >= 15 is 0 Å². The van der Waals surface area contributed by atoms with Crippen molar-refractivity contribution in [2.24, 2.45) is 0 Å². The maximum atomic E-state index is 5.65. The fraction of sp³-hybridized carbons (Fsp3) is 0. The van der Waals surface area contributed by atoms with Gasteiger partial charge in [0, 0.05) is 0 Å². The molecular weight excluding hydrogens is 159 g/mol. The van der Waals surface area contributed by atoms with Crippen LogP contribution in [0.5, 0.6) is 0 Å².